The van der Waals surface area contributed by atoms with Gasteiger partial charge in [0, 0.05) is 33.0 Å². The van der Waals surface area contributed by atoms with E-state index in [4.69, 9.17) is 9.47 Å². The summed E-state index contributed by atoms with van der Waals surface area (Å²) in [7, 11) is 1.02. The standard InChI is InChI=1S/C18H31N3O10/c1-5-8(2)20-16(27)15(26)19-7-11(24)13(25)14-12(21-9(3)22)10(23)6-18(30-4,31-14)17(28)29/h8,10-14,23-25H,5-7H2,1-4H3,(H,19,26)(H,20,27)(H,21,22)(H,28,29)/t8?,10-,11+,12+,13+,14+,18+/m0/s1. The van der Waals surface area contributed by atoms with Gasteiger partial charge in [-0.1, -0.05) is 6.92 Å². The lowest BCUT2D eigenvalue weighted by Crippen LogP contribution is -2.68. The van der Waals surface area contributed by atoms with E-state index in [1.165, 1.54) is 0 Å². The van der Waals surface area contributed by atoms with E-state index in [0.717, 1.165) is 14.0 Å². The molecule has 1 fully saturated rings. The third kappa shape index (κ3) is 6.83. The van der Waals surface area contributed by atoms with Crippen molar-refractivity contribution < 1.29 is 49.1 Å². The molecule has 0 aliphatic carbocycles. The minimum absolute atomic E-state index is 0.248. The van der Waals surface area contributed by atoms with Crippen molar-refractivity contribution in [3.63, 3.8) is 0 Å². The average molecular weight is 449 g/mol. The SMILES string of the molecule is CCC(C)NC(=O)C(=O)NC[C@@H](O)[C@@H](O)[C@@H]1O[C@@](OC)(C(=O)O)C[C@H](O)[C@H]1NC(C)=O. The van der Waals surface area contributed by atoms with Crippen LogP contribution in [0.4, 0.5) is 0 Å². The van der Waals surface area contributed by atoms with Crippen LogP contribution < -0.4 is 16.0 Å². The highest BCUT2D eigenvalue weighted by Crippen LogP contribution is 2.32. The molecule has 7 atom stereocenters. The minimum Gasteiger partial charge on any atom is -0.477 e. The number of methoxy groups -OCH3 is 1. The molecule has 1 aliphatic heterocycles. The van der Waals surface area contributed by atoms with E-state index >= 15 is 0 Å². The van der Waals surface area contributed by atoms with Crippen LogP contribution in [0.25, 0.3) is 0 Å². The molecule has 1 aliphatic rings. The summed E-state index contributed by atoms with van der Waals surface area (Å²) in [5.74, 6) is -6.50. The van der Waals surface area contributed by atoms with Crippen LogP contribution in [-0.4, -0.2) is 100 Å². The number of hydrogen-bond donors (Lipinski definition) is 7. The summed E-state index contributed by atoms with van der Waals surface area (Å²) in [6.45, 7) is 4.05. The van der Waals surface area contributed by atoms with Gasteiger partial charge in [-0.25, -0.2) is 4.79 Å². The highest BCUT2D eigenvalue weighted by molar-refractivity contribution is 6.35. The first-order chi connectivity index (χ1) is 14.4. The average Bonchev–Trinajstić information content (AvgIpc) is 2.71. The van der Waals surface area contributed by atoms with Gasteiger partial charge in [0.1, 0.15) is 12.2 Å². The van der Waals surface area contributed by atoms with Crippen molar-refractivity contribution in [3.8, 4) is 0 Å². The molecule has 1 rings (SSSR count). The first kappa shape index (κ1) is 26.7. The summed E-state index contributed by atoms with van der Waals surface area (Å²) in [5, 5.41) is 47.6. The molecule has 0 bridgehead atoms. The topological polar surface area (TPSA) is 204 Å². The Hall–Kier alpha value is -2.32. The van der Waals surface area contributed by atoms with Gasteiger partial charge in [0.05, 0.1) is 18.2 Å². The number of amides is 3. The largest absolute Gasteiger partial charge is 0.477 e. The third-order valence-corrected chi connectivity index (χ3v) is 5.00. The van der Waals surface area contributed by atoms with Crippen molar-refractivity contribution in [2.45, 2.75) is 75.9 Å². The number of aliphatic carboxylic acids is 1. The second-order valence-corrected chi connectivity index (χ2v) is 7.39. The van der Waals surface area contributed by atoms with Crippen LogP contribution in [0, 0.1) is 0 Å². The van der Waals surface area contributed by atoms with Crippen LogP contribution in [-0.2, 0) is 28.7 Å². The van der Waals surface area contributed by atoms with Crippen LogP contribution in [0.2, 0.25) is 0 Å². The quantitative estimate of drug-likeness (QED) is 0.176. The van der Waals surface area contributed by atoms with Crippen molar-refractivity contribution in [2.24, 2.45) is 0 Å². The summed E-state index contributed by atoms with van der Waals surface area (Å²) in [4.78, 5) is 46.7. The number of carboxylic acid groups (broad SMARTS) is 1. The summed E-state index contributed by atoms with van der Waals surface area (Å²) in [6, 6.07) is -1.53. The van der Waals surface area contributed by atoms with Crippen LogP contribution >= 0.6 is 0 Å². The number of carbonyl (C=O) groups excluding carboxylic acids is 3. The van der Waals surface area contributed by atoms with Gasteiger partial charge in [0.15, 0.2) is 0 Å². The van der Waals surface area contributed by atoms with Crippen molar-refractivity contribution in [3.05, 3.63) is 0 Å². The zero-order valence-electron chi connectivity index (χ0n) is 17.8. The summed E-state index contributed by atoms with van der Waals surface area (Å²) < 4.78 is 10.3. The molecule has 0 radical (unpaired) electrons. The van der Waals surface area contributed by atoms with Crippen molar-refractivity contribution in [2.75, 3.05) is 13.7 Å². The van der Waals surface area contributed by atoms with Gasteiger partial charge in [-0.05, 0) is 13.3 Å². The molecular formula is C18H31N3O10. The summed E-state index contributed by atoms with van der Waals surface area (Å²) in [5.41, 5.74) is 0. The van der Waals surface area contributed by atoms with Gasteiger partial charge in [-0.15, -0.1) is 0 Å². The fourth-order valence-corrected chi connectivity index (χ4v) is 3.02. The number of carbonyl (C=O) groups is 4. The maximum Gasteiger partial charge on any atom is 0.364 e. The van der Waals surface area contributed by atoms with Crippen LogP contribution in [0.3, 0.4) is 0 Å². The molecule has 1 heterocycles. The molecule has 0 saturated carbocycles. The fraction of sp³-hybridized carbons (Fsp3) is 0.778. The van der Waals surface area contributed by atoms with Crippen molar-refractivity contribution in [1.82, 2.24) is 16.0 Å². The molecule has 0 aromatic heterocycles. The van der Waals surface area contributed by atoms with E-state index in [9.17, 15) is 39.6 Å². The highest BCUT2D eigenvalue weighted by Gasteiger charge is 2.55. The molecule has 1 saturated heterocycles. The lowest BCUT2D eigenvalue weighted by molar-refractivity contribution is -0.303. The maximum absolute atomic E-state index is 11.9. The Morgan fingerprint density at radius 3 is 2.32 bits per heavy atom. The maximum atomic E-state index is 11.9. The van der Waals surface area contributed by atoms with E-state index in [1.54, 1.807) is 6.92 Å². The molecule has 7 N–H and O–H groups in total. The number of rotatable bonds is 9. The molecular weight excluding hydrogens is 418 g/mol. The first-order valence-corrected chi connectivity index (χ1v) is 9.74. The Kier molecular flexibility index (Phi) is 9.77. The zero-order valence-corrected chi connectivity index (χ0v) is 17.8. The summed E-state index contributed by atoms with van der Waals surface area (Å²) >= 11 is 0. The molecule has 1 unspecified atom stereocenters. The van der Waals surface area contributed by atoms with Crippen LogP contribution in [0.1, 0.15) is 33.6 Å². The molecule has 0 aromatic rings. The second kappa shape index (κ2) is 11.3. The zero-order chi connectivity index (χ0) is 23.9. The van der Waals surface area contributed by atoms with E-state index in [2.05, 4.69) is 16.0 Å². The minimum atomic E-state index is -2.33. The smallest absolute Gasteiger partial charge is 0.364 e. The number of nitrogens with one attached hydrogen (secondary N) is 3. The monoisotopic (exact) mass is 449 g/mol. The predicted molar refractivity (Wildman–Crippen MR) is 103 cm³/mol. The molecule has 0 spiro atoms. The number of aliphatic hydroxyl groups is 3. The Morgan fingerprint density at radius 2 is 1.84 bits per heavy atom. The van der Waals surface area contributed by atoms with Crippen LogP contribution in [0.15, 0.2) is 0 Å². The van der Waals surface area contributed by atoms with Gasteiger partial charge in [-0.3, -0.25) is 14.4 Å². The number of carboxylic acids is 1. The van der Waals surface area contributed by atoms with Gasteiger partial charge in [-0.2, -0.15) is 0 Å². The van der Waals surface area contributed by atoms with E-state index < -0.39 is 72.9 Å². The molecule has 3 amide bonds. The molecule has 0 aromatic carbocycles. The van der Waals surface area contributed by atoms with Crippen LogP contribution in [0.5, 0.6) is 0 Å². The van der Waals surface area contributed by atoms with Crippen molar-refractivity contribution >= 4 is 23.7 Å². The summed E-state index contributed by atoms with van der Waals surface area (Å²) in [6.07, 6.45) is -6.71. The van der Waals surface area contributed by atoms with Crippen molar-refractivity contribution in [1.29, 1.82) is 0 Å². The second-order valence-electron chi connectivity index (χ2n) is 7.39. The van der Waals surface area contributed by atoms with E-state index in [-0.39, 0.29) is 6.04 Å². The fourth-order valence-electron chi connectivity index (χ4n) is 3.02. The predicted octanol–water partition coefficient (Wildman–Crippen LogP) is -3.18. The first-order valence-electron chi connectivity index (χ1n) is 9.74. The number of ether oxygens (including phenoxy) is 2. The van der Waals surface area contributed by atoms with Gasteiger partial charge < -0.3 is 45.9 Å². The Bertz CT molecular complexity index is 675. The highest BCUT2D eigenvalue weighted by atomic mass is 16.7. The molecule has 13 heteroatoms. The molecule has 31 heavy (non-hydrogen) atoms. The Morgan fingerprint density at radius 1 is 1.23 bits per heavy atom. The molecule has 13 nitrogen and oxygen atoms in total. The van der Waals surface area contributed by atoms with Gasteiger partial charge >= 0.3 is 17.8 Å². The van der Waals surface area contributed by atoms with E-state index in [0.29, 0.717) is 6.42 Å². The molecule has 178 valence electrons. The third-order valence-electron chi connectivity index (χ3n) is 5.00. The van der Waals surface area contributed by atoms with Gasteiger partial charge in [0.25, 0.3) is 5.79 Å². The lowest BCUT2D eigenvalue weighted by Gasteiger charge is -2.46. The number of hydrogen-bond acceptors (Lipinski definition) is 9. The number of aliphatic hydroxyl groups excluding tert-OH is 3. The Labute approximate surface area is 179 Å². The lowest BCUT2D eigenvalue weighted by atomic mass is 9.88. The van der Waals surface area contributed by atoms with Gasteiger partial charge in [0.2, 0.25) is 5.91 Å². The Balaban J connectivity index is 2.93. The normalized spacial score (nSPS) is 28.7. The van der Waals surface area contributed by atoms with E-state index in [1.807, 2.05) is 6.92 Å².